The van der Waals surface area contributed by atoms with Crippen molar-refractivity contribution in [3.05, 3.63) is 30.6 Å². The van der Waals surface area contributed by atoms with Crippen molar-refractivity contribution >= 4 is 0 Å². The minimum absolute atomic E-state index is 1.02. The summed E-state index contributed by atoms with van der Waals surface area (Å²) < 4.78 is 0. The Kier molecular flexibility index (Phi) is 1.07. The number of aromatic amines is 2. The van der Waals surface area contributed by atoms with Crippen LogP contribution in [0.25, 0.3) is 11.4 Å². The molecular formula is C7H7N3. The van der Waals surface area contributed by atoms with Crippen molar-refractivity contribution in [1.29, 1.82) is 0 Å². The van der Waals surface area contributed by atoms with Crippen LogP contribution in [0.2, 0.25) is 0 Å². The highest BCUT2D eigenvalue weighted by Crippen LogP contribution is 2.11. The van der Waals surface area contributed by atoms with E-state index in [1.165, 1.54) is 0 Å². The van der Waals surface area contributed by atoms with Gasteiger partial charge in [-0.25, -0.2) is 0 Å². The molecule has 10 heavy (non-hydrogen) atoms. The van der Waals surface area contributed by atoms with Gasteiger partial charge in [-0.1, -0.05) is 0 Å². The van der Waals surface area contributed by atoms with Gasteiger partial charge in [-0.3, -0.25) is 5.10 Å². The summed E-state index contributed by atoms with van der Waals surface area (Å²) in [6.07, 6.45) is 3.62. The Morgan fingerprint density at radius 2 is 2.20 bits per heavy atom. The number of hydrogen-bond donors (Lipinski definition) is 2. The van der Waals surface area contributed by atoms with E-state index in [2.05, 4.69) is 15.2 Å². The summed E-state index contributed by atoms with van der Waals surface area (Å²) in [6, 6.07) is 5.87. The highest BCUT2D eigenvalue weighted by atomic mass is 15.1. The third kappa shape index (κ3) is 0.719. The molecule has 2 aromatic heterocycles. The average molecular weight is 133 g/mol. The van der Waals surface area contributed by atoms with Crippen molar-refractivity contribution in [1.82, 2.24) is 15.2 Å². The predicted molar refractivity (Wildman–Crippen MR) is 38.4 cm³/mol. The van der Waals surface area contributed by atoms with Crippen molar-refractivity contribution in [3.8, 4) is 11.4 Å². The molecule has 50 valence electrons. The van der Waals surface area contributed by atoms with Gasteiger partial charge in [-0.2, -0.15) is 5.10 Å². The molecule has 0 aliphatic carbocycles. The molecule has 0 atom stereocenters. The van der Waals surface area contributed by atoms with Gasteiger partial charge in [-0.15, -0.1) is 0 Å². The first-order valence-corrected chi connectivity index (χ1v) is 3.10. The predicted octanol–water partition coefficient (Wildman–Crippen LogP) is 1.40. The standard InChI is InChI=1S/C7H7N3/c1-2-6(8-4-1)7-3-5-9-10-7/h1-5,8H,(H,9,10). The Morgan fingerprint density at radius 3 is 2.80 bits per heavy atom. The van der Waals surface area contributed by atoms with Gasteiger partial charge >= 0.3 is 0 Å². The largest absolute Gasteiger partial charge is 0.360 e. The monoisotopic (exact) mass is 133 g/mol. The summed E-state index contributed by atoms with van der Waals surface area (Å²) in [5.74, 6) is 0. The molecule has 2 rings (SSSR count). The smallest absolute Gasteiger partial charge is 0.0812 e. The zero-order valence-electron chi connectivity index (χ0n) is 5.33. The highest BCUT2D eigenvalue weighted by molar-refractivity contribution is 5.52. The first-order chi connectivity index (χ1) is 4.97. The molecule has 2 heterocycles. The summed E-state index contributed by atoms with van der Waals surface area (Å²) in [4.78, 5) is 3.07. The van der Waals surface area contributed by atoms with E-state index in [0.717, 1.165) is 11.4 Å². The van der Waals surface area contributed by atoms with Crippen molar-refractivity contribution in [2.24, 2.45) is 0 Å². The average Bonchev–Trinajstić information content (AvgIpc) is 2.59. The molecule has 2 N–H and O–H groups in total. The Labute approximate surface area is 58.1 Å². The fourth-order valence-corrected chi connectivity index (χ4v) is 0.904. The first kappa shape index (κ1) is 5.29. The lowest BCUT2D eigenvalue weighted by atomic mass is 10.3. The van der Waals surface area contributed by atoms with Gasteiger partial charge < -0.3 is 4.98 Å². The van der Waals surface area contributed by atoms with Crippen LogP contribution < -0.4 is 0 Å². The van der Waals surface area contributed by atoms with Crippen molar-refractivity contribution in [2.45, 2.75) is 0 Å². The summed E-state index contributed by atoms with van der Waals surface area (Å²) in [5.41, 5.74) is 2.09. The lowest BCUT2D eigenvalue weighted by Gasteiger charge is -1.87. The summed E-state index contributed by atoms with van der Waals surface area (Å²) in [5, 5.41) is 6.69. The molecule has 2 aromatic rings. The van der Waals surface area contributed by atoms with Gasteiger partial charge in [-0.05, 0) is 18.2 Å². The second kappa shape index (κ2) is 2.02. The third-order valence-electron chi connectivity index (χ3n) is 1.39. The molecule has 0 unspecified atom stereocenters. The van der Waals surface area contributed by atoms with E-state index in [1.807, 2.05) is 24.4 Å². The van der Waals surface area contributed by atoms with Crippen LogP contribution in [0.15, 0.2) is 30.6 Å². The molecule has 0 amide bonds. The van der Waals surface area contributed by atoms with Gasteiger partial charge in [0.1, 0.15) is 0 Å². The van der Waals surface area contributed by atoms with E-state index in [0.29, 0.717) is 0 Å². The molecule has 0 aromatic carbocycles. The lowest BCUT2D eigenvalue weighted by molar-refractivity contribution is 1.09. The quantitative estimate of drug-likeness (QED) is 0.606. The zero-order valence-corrected chi connectivity index (χ0v) is 5.33. The van der Waals surface area contributed by atoms with Crippen LogP contribution in [-0.2, 0) is 0 Å². The van der Waals surface area contributed by atoms with E-state index in [1.54, 1.807) is 6.20 Å². The molecule has 0 aliphatic rings. The topological polar surface area (TPSA) is 44.5 Å². The number of hydrogen-bond acceptors (Lipinski definition) is 1. The normalized spacial score (nSPS) is 10.0. The fourth-order valence-electron chi connectivity index (χ4n) is 0.904. The zero-order chi connectivity index (χ0) is 6.81. The number of nitrogens with zero attached hydrogens (tertiary/aromatic N) is 1. The summed E-state index contributed by atoms with van der Waals surface area (Å²) in [7, 11) is 0. The van der Waals surface area contributed by atoms with Crippen LogP contribution in [0.4, 0.5) is 0 Å². The van der Waals surface area contributed by atoms with Crippen LogP contribution in [0.5, 0.6) is 0 Å². The van der Waals surface area contributed by atoms with Crippen molar-refractivity contribution in [2.75, 3.05) is 0 Å². The first-order valence-electron chi connectivity index (χ1n) is 3.10. The molecule has 0 aliphatic heterocycles. The maximum Gasteiger partial charge on any atom is 0.0812 e. The lowest BCUT2D eigenvalue weighted by Crippen LogP contribution is -1.74. The van der Waals surface area contributed by atoms with Gasteiger partial charge in [0.25, 0.3) is 0 Å². The second-order valence-corrected chi connectivity index (χ2v) is 2.05. The van der Waals surface area contributed by atoms with E-state index in [9.17, 15) is 0 Å². The highest BCUT2D eigenvalue weighted by Gasteiger charge is 1.95. The molecule has 0 spiro atoms. The Hall–Kier alpha value is -1.51. The van der Waals surface area contributed by atoms with Gasteiger partial charge in [0.05, 0.1) is 11.4 Å². The molecule has 0 saturated heterocycles. The van der Waals surface area contributed by atoms with Gasteiger partial charge in [0, 0.05) is 12.4 Å². The number of H-pyrrole nitrogens is 2. The second-order valence-electron chi connectivity index (χ2n) is 2.05. The van der Waals surface area contributed by atoms with Gasteiger partial charge in [0.15, 0.2) is 0 Å². The van der Waals surface area contributed by atoms with Crippen molar-refractivity contribution < 1.29 is 0 Å². The van der Waals surface area contributed by atoms with Crippen LogP contribution >= 0.6 is 0 Å². The van der Waals surface area contributed by atoms with E-state index in [4.69, 9.17) is 0 Å². The molecule has 0 bridgehead atoms. The van der Waals surface area contributed by atoms with E-state index < -0.39 is 0 Å². The molecule has 3 nitrogen and oxygen atoms in total. The summed E-state index contributed by atoms with van der Waals surface area (Å²) >= 11 is 0. The minimum atomic E-state index is 1.02. The van der Waals surface area contributed by atoms with Crippen LogP contribution in [0.3, 0.4) is 0 Å². The third-order valence-corrected chi connectivity index (χ3v) is 1.39. The van der Waals surface area contributed by atoms with Crippen LogP contribution in [0, 0.1) is 0 Å². The molecule has 0 radical (unpaired) electrons. The van der Waals surface area contributed by atoms with E-state index in [-0.39, 0.29) is 0 Å². The molecule has 0 saturated carbocycles. The van der Waals surface area contributed by atoms with Crippen molar-refractivity contribution in [3.63, 3.8) is 0 Å². The fraction of sp³-hybridized carbons (Fsp3) is 0. The molecule has 0 fully saturated rings. The Balaban J connectivity index is 2.48. The van der Waals surface area contributed by atoms with Crippen LogP contribution in [-0.4, -0.2) is 15.2 Å². The number of aromatic nitrogens is 3. The number of nitrogens with one attached hydrogen (secondary N) is 2. The number of rotatable bonds is 1. The molecular weight excluding hydrogens is 126 g/mol. The van der Waals surface area contributed by atoms with Crippen LogP contribution in [0.1, 0.15) is 0 Å². The Bertz CT molecular complexity index is 248. The maximum atomic E-state index is 3.83. The summed E-state index contributed by atoms with van der Waals surface area (Å²) in [6.45, 7) is 0. The molecule has 3 heteroatoms. The van der Waals surface area contributed by atoms with E-state index >= 15 is 0 Å². The van der Waals surface area contributed by atoms with Gasteiger partial charge in [0.2, 0.25) is 0 Å². The maximum absolute atomic E-state index is 3.83. The minimum Gasteiger partial charge on any atom is -0.360 e. The SMILES string of the molecule is c1c[nH]c(-c2ccn[nH]2)c1. The Morgan fingerprint density at radius 1 is 1.20 bits per heavy atom.